The molecule has 0 atom stereocenters. The van der Waals surface area contributed by atoms with Crippen LogP contribution in [0.5, 0.6) is 0 Å². The number of benzene rings is 5. The van der Waals surface area contributed by atoms with Crippen molar-refractivity contribution in [3.63, 3.8) is 0 Å². The van der Waals surface area contributed by atoms with Crippen molar-refractivity contribution in [2.45, 2.75) is 0 Å². The average molecular weight is 626 g/mol. The molecule has 228 valence electrons. The van der Waals surface area contributed by atoms with E-state index in [1.165, 1.54) is 0 Å². The Kier molecular flexibility index (Phi) is 6.11. The minimum Gasteiger partial charge on any atom is -0.297 e. The van der Waals surface area contributed by atoms with Crippen LogP contribution in [0.3, 0.4) is 0 Å². The summed E-state index contributed by atoms with van der Waals surface area (Å²) in [5.74, 6) is 0. The van der Waals surface area contributed by atoms with Crippen LogP contribution in [0.4, 0.5) is 0 Å². The van der Waals surface area contributed by atoms with Gasteiger partial charge in [-0.05, 0) is 88.0 Å². The average Bonchev–Trinajstić information content (AvgIpc) is 3.56. The van der Waals surface area contributed by atoms with E-state index in [-0.39, 0.29) is 0 Å². The van der Waals surface area contributed by atoms with Crippen LogP contribution in [0.25, 0.3) is 93.9 Å². The summed E-state index contributed by atoms with van der Waals surface area (Å²) in [4.78, 5) is 19.0. The first-order valence-corrected chi connectivity index (χ1v) is 16.4. The first-order valence-electron chi connectivity index (χ1n) is 16.4. The van der Waals surface area contributed by atoms with Gasteiger partial charge in [-0.2, -0.15) is 0 Å². The van der Waals surface area contributed by atoms with Crippen molar-refractivity contribution >= 4 is 49.4 Å². The van der Waals surface area contributed by atoms with Crippen LogP contribution in [0.2, 0.25) is 0 Å². The van der Waals surface area contributed by atoms with Gasteiger partial charge in [0.05, 0.1) is 16.6 Å². The molecular formula is C44H27N5. The number of nitrogens with zero attached hydrogens (tertiary/aromatic N) is 5. The molecule has 0 saturated carbocycles. The Balaban J connectivity index is 1.08. The zero-order valence-corrected chi connectivity index (χ0v) is 26.3. The number of para-hydroxylation sites is 2. The highest BCUT2D eigenvalue weighted by Gasteiger charge is 2.13. The molecule has 0 aliphatic heterocycles. The van der Waals surface area contributed by atoms with E-state index in [1.807, 2.05) is 36.8 Å². The lowest BCUT2D eigenvalue weighted by molar-refractivity contribution is 1.23. The molecule has 0 N–H and O–H groups in total. The normalized spacial score (nSPS) is 11.7. The maximum atomic E-state index is 4.80. The molecule has 49 heavy (non-hydrogen) atoms. The molecule has 0 saturated heterocycles. The molecule has 5 heteroatoms. The van der Waals surface area contributed by atoms with Crippen LogP contribution >= 0.6 is 0 Å². The first-order chi connectivity index (χ1) is 24.2. The molecule has 0 radical (unpaired) electrons. The van der Waals surface area contributed by atoms with Gasteiger partial charge in [-0.25, -0.2) is 9.97 Å². The van der Waals surface area contributed by atoms with Crippen LogP contribution in [0.1, 0.15) is 0 Å². The molecule has 10 rings (SSSR count). The van der Waals surface area contributed by atoms with Crippen molar-refractivity contribution in [3.05, 3.63) is 164 Å². The summed E-state index contributed by atoms with van der Waals surface area (Å²) >= 11 is 0. The Labute approximate surface area is 281 Å². The summed E-state index contributed by atoms with van der Waals surface area (Å²) in [7, 11) is 0. The second-order valence-electron chi connectivity index (χ2n) is 12.5. The first kappa shape index (κ1) is 27.4. The Hall–Kier alpha value is -6.72. The highest BCUT2D eigenvalue weighted by molar-refractivity contribution is 6.03. The predicted octanol–water partition coefficient (Wildman–Crippen LogP) is 10.8. The number of hydrogen-bond acceptors (Lipinski definition) is 4. The Morgan fingerprint density at radius 2 is 0.918 bits per heavy atom. The quantitative estimate of drug-likeness (QED) is 0.195. The highest BCUT2D eigenvalue weighted by atomic mass is 15.0. The van der Waals surface area contributed by atoms with E-state index in [0.717, 1.165) is 93.9 Å². The van der Waals surface area contributed by atoms with E-state index >= 15 is 0 Å². The highest BCUT2D eigenvalue weighted by Crippen LogP contribution is 2.35. The Morgan fingerprint density at radius 3 is 1.57 bits per heavy atom. The fraction of sp³-hybridized carbons (Fsp3) is 0. The molecular weight excluding hydrogens is 599 g/mol. The molecule has 0 fully saturated rings. The van der Waals surface area contributed by atoms with Crippen molar-refractivity contribution in [1.29, 1.82) is 0 Å². The van der Waals surface area contributed by atoms with E-state index in [0.29, 0.717) is 0 Å². The molecule has 0 amide bonds. The number of imidazole rings is 1. The van der Waals surface area contributed by atoms with Gasteiger partial charge in [0.25, 0.3) is 0 Å². The number of rotatable bonds is 4. The van der Waals surface area contributed by atoms with Crippen molar-refractivity contribution in [3.8, 4) is 44.5 Å². The van der Waals surface area contributed by atoms with Crippen LogP contribution in [0, 0.1) is 0 Å². The maximum Gasteiger partial charge on any atom is 0.179 e. The number of fused-ring (bicyclic) bond motifs is 7. The third-order valence-electron chi connectivity index (χ3n) is 9.47. The molecule has 5 heterocycles. The van der Waals surface area contributed by atoms with E-state index in [2.05, 4.69) is 137 Å². The van der Waals surface area contributed by atoms with E-state index in [4.69, 9.17) is 15.0 Å². The van der Waals surface area contributed by atoms with Crippen molar-refractivity contribution in [1.82, 2.24) is 24.3 Å². The molecule has 0 spiro atoms. The van der Waals surface area contributed by atoms with Gasteiger partial charge in [-0.3, -0.25) is 14.4 Å². The van der Waals surface area contributed by atoms with E-state index < -0.39 is 0 Å². The fourth-order valence-electron chi connectivity index (χ4n) is 6.94. The van der Waals surface area contributed by atoms with Gasteiger partial charge in [0, 0.05) is 57.5 Å². The lowest BCUT2D eigenvalue weighted by Gasteiger charge is -2.13. The SMILES string of the molecule is c1ccc2ncc(-c3cc(-c4ccc(-c5ccc6nc7ncc8ccccc8c7n6c5)cc4)cc(-c4cnc5ccccc5c4)c3)cc2c1. The smallest absolute Gasteiger partial charge is 0.179 e. The third kappa shape index (κ3) is 4.71. The summed E-state index contributed by atoms with van der Waals surface area (Å²) < 4.78 is 2.17. The Morgan fingerprint density at radius 1 is 0.388 bits per heavy atom. The predicted molar refractivity (Wildman–Crippen MR) is 200 cm³/mol. The fourth-order valence-corrected chi connectivity index (χ4v) is 6.94. The summed E-state index contributed by atoms with van der Waals surface area (Å²) in [5, 5.41) is 4.49. The molecule has 0 aliphatic rings. The van der Waals surface area contributed by atoms with Gasteiger partial charge in [-0.15, -0.1) is 0 Å². The van der Waals surface area contributed by atoms with Crippen LogP contribution in [-0.2, 0) is 0 Å². The summed E-state index contributed by atoms with van der Waals surface area (Å²) in [5.41, 5.74) is 13.5. The van der Waals surface area contributed by atoms with Crippen LogP contribution in [0.15, 0.2) is 164 Å². The number of aromatic nitrogens is 5. The summed E-state index contributed by atoms with van der Waals surface area (Å²) in [6, 6.07) is 49.1. The zero-order valence-electron chi connectivity index (χ0n) is 26.3. The largest absolute Gasteiger partial charge is 0.297 e. The van der Waals surface area contributed by atoms with E-state index in [1.54, 1.807) is 0 Å². The second kappa shape index (κ2) is 10.9. The van der Waals surface area contributed by atoms with Gasteiger partial charge in [0.1, 0.15) is 5.65 Å². The van der Waals surface area contributed by atoms with Gasteiger partial charge >= 0.3 is 0 Å². The molecule has 5 nitrogen and oxygen atoms in total. The van der Waals surface area contributed by atoms with Gasteiger partial charge < -0.3 is 0 Å². The number of hydrogen-bond donors (Lipinski definition) is 0. The molecule has 10 aromatic rings. The van der Waals surface area contributed by atoms with Crippen molar-refractivity contribution < 1.29 is 0 Å². The van der Waals surface area contributed by atoms with Gasteiger partial charge in [-0.1, -0.05) is 84.9 Å². The topological polar surface area (TPSA) is 56.0 Å². The van der Waals surface area contributed by atoms with Crippen LogP contribution in [-0.4, -0.2) is 24.3 Å². The van der Waals surface area contributed by atoms with E-state index in [9.17, 15) is 0 Å². The monoisotopic (exact) mass is 625 g/mol. The lowest BCUT2D eigenvalue weighted by atomic mass is 9.93. The molecule has 0 unspecified atom stereocenters. The molecule has 0 aliphatic carbocycles. The minimum atomic E-state index is 0.755. The molecule has 0 bridgehead atoms. The number of pyridine rings is 4. The van der Waals surface area contributed by atoms with Gasteiger partial charge in [0.15, 0.2) is 5.65 Å². The summed E-state index contributed by atoms with van der Waals surface area (Å²) in [6.07, 6.45) is 8.02. The summed E-state index contributed by atoms with van der Waals surface area (Å²) in [6.45, 7) is 0. The van der Waals surface area contributed by atoms with Crippen molar-refractivity contribution in [2.75, 3.05) is 0 Å². The maximum absolute atomic E-state index is 4.80. The molecule has 5 aromatic carbocycles. The Bertz CT molecular complexity index is 2790. The minimum absolute atomic E-state index is 0.755. The standard InChI is InChI=1S/C44H27N5/c1-4-10-39-32(9-1)24-47-44-43(39)49-27-33(17-18-42(49)48-44)28-13-15-29(16-14-28)34-21-35(37-19-30-7-2-5-11-40(30)45-25-37)23-36(22-34)38-20-31-8-3-6-12-41(31)46-26-38/h1-27H. The molecule has 5 aromatic heterocycles. The van der Waals surface area contributed by atoms with Gasteiger partial charge in [0.2, 0.25) is 0 Å². The third-order valence-corrected chi connectivity index (χ3v) is 9.47. The van der Waals surface area contributed by atoms with Crippen molar-refractivity contribution in [2.24, 2.45) is 0 Å². The second-order valence-corrected chi connectivity index (χ2v) is 12.5. The van der Waals surface area contributed by atoms with Crippen LogP contribution < -0.4 is 0 Å². The zero-order chi connectivity index (χ0) is 32.3. The lowest BCUT2D eigenvalue weighted by Crippen LogP contribution is -1.90.